The zero-order valence-corrected chi connectivity index (χ0v) is 15.7. The molecule has 0 saturated heterocycles. The Kier molecular flexibility index (Phi) is 8.37. The summed E-state index contributed by atoms with van der Waals surface area (Å²) in [5.74, 6) is -1.33. The predicted molar refractivity (Wildman–Crippen MR) is 80.1 cm³/mol. The van der Waals surface area contributed by atoms with Gasteiger partial charge < -0.3 is 9.90 Å². The zero-order chi connectivity index (χ0) is 15.2. The van der Waals surface area contributed by atoms with Crippen LogP contribution in [0.4, 0.5) is 0 Å². The van der Waals surface area contributed by atoms with Crippen LogP contribution in [0.1, 0.15) is 66.9 Å². The molecule has 0 radical (unpaired) electrons. The van der Waals surface area contributed by atoms with Gasteiger partial charge in [0, 0.05) is 23.9 Å². The van der Waals surface area contributed by atoms with E-state index in [-0.39, 0.29) is 35.3 Å². The number of unbranched alkanes of at least 4 members (excludes halogenated alkanes) is 4. The number of hydrogen-bond acceptors (Lipinski definition) is 3. The fourth-order valence-corrected chi connectivity index (χ4v) is 3.10. The van der Waals surface area contributed by atoms with Crippen LogP contribution in [-0.2, 0) is 17.6 Å². The number of carbonyl (C=O) groups is 2. The van der Waals surface area contributed by atoms with Gasteiger partial charge in [-0.05, 0) is 30.4 Å². The molecular weight excluding hydrogens is 287 g/mol. The second kappa shape index (κ2) is 9.49. The Morgan fingerprint density at radius 2 is 1.86 bits per heavy atom. The normalized spacial score (nSPS) is 16.0. The summed E-state index contributed by atoms with van der Waals surface area (Å²) in [6.07, 6.45) is 7.12. The molecule has 1 aromatic rings. The molecule has 22 heavy (non-hydrogen) atoms. The minimum Gasteiger partial charge on any atom is -0.550 e. The van der Waals surface area contributed by atoms with Crippen molar-refractivity contribution in [3.05, 3.63) is 34.9 Å². The summed E-state index contributed by atoms with van der Waals surface area (Å²) in [5.41, 5.74) is 2.66. The topological polar surface area (TPSA) is 57.2 Å². The Bertz CT molecular complexity index is 525. The SMILES string of the molecule is CCCCCCCC(=O)c1cccc2c1CC(C(=O)[O-])C2.[Na+]. The van der Waals surface area contributed by atoms with Gasteiger partial charge in [0.05, 0.1) is 0 Å². The van der Waals surface area contributed by atoms with Gasteiger partial charge in [0.25, 0.3) is 0 Å². The van der Waals surface area contributed by atoms with E-state index in [2.05, 4.69) is 6.92 Å². The molecule has 1 aliphatic rings. The summed E-state index contributed by atoms with van der Waals surface area (Å²) < 4.78 is 0. The Labute approximate surface area is 154 Å². The number of benzene rings is 1. The molecule has 0 saturated carbocycles. The average Bonchev–Trinajstić information content (AvgIpc) is 2.91. The molecule has 1 unspecified atom stereocenters. The Balaban J connectivity index is 0.00000242. The van der Waals surface area contributed by atoms with Crippen LogP contribution in [0.15, 0.2) is 18.2 Å². The van der Waals surface area contributed by atoms with Gasteiger partial charge >= 0.3 is 29.6 Å². The summed E-state index contributed by atoms with van der Waals surface area (Å²) in [4.78, 5) is 23.4. The van der Waals surface area contributed by atoms with Crippen LogP contribution in [0.3, 0.4) is 0 Å². The van der Waals surface area contributed by atoms with Crippen LogP contribution in [0.2, 0.25) is 0 Å². The minimum atomic E-state index is -1.01. The van der Waals surface area contributed by atoms with Gasteiger partial charge in [-0.1, -0.05) is 50.8 Å². The van der Waals surface area contributed by atoms with E-state index in [4.69, 9.17) is 0 Å². The molecule has 1 atom stereocenters. The van der Waals surface area contributed by atoms with Gasteiger partial charge in [0.15, 0.2) is 5.78 Å². The number of ketones is 1. The van der Waals surface area contributed by atoms with Crippen LogP contribution in [0, 0.1) is 5.92 Å². The maximum Gasteiger partial charge on any atom is 1.00 e. The molecule has 2 rings (SSSR count). The molecule has 4 heteroatoms. The van der Waals surface area contributed by atoms with E-state index in [1.807, 2.05) is 18.2 Å². The van der Waals surface area contributed by atoms with Crippen molar-refractivity contribution in [3.8, 4) is 0 Å². The molecule has 3 nitrogen and oxygen atoms in total. The van der Waals surface area contributed by atoms with Crippen LogP contribution in [-0.4, -0.2) is 11.8 Å². The number of hydrogen-bond donors (Lipinski definition) is 0. The summed E-state index contributed by atoms with van der Waals surface area (Å²) in [7, 11) is 0. The minimum absolute atomic E-state index is 0. The molecule has 0 fully saturated rings. The zero-order valence-electron chi connectivity index (χ0n) is 13.7. The third-order valence-corrected chi connectivity index (χ3v) is 4.33. The first-order valence-electron chi connectivity index (χ1n) is 7.98. The van der Waals surface area contributed by atoms with E-state index in [0.29, 0.717) is 19.3 Å². The Morgan fingerprint density at radius 3 is 2.55 bits per heavy atom. The number of fused-ring (bicyclic) bond motifs is 1. The monoisotopic (exact) mass is 310 g/mol. The van der Waals surface area contributed by atoms with Crippen molar-refractivity contribution < 1.29 is 44.3 Å². The third-order valence-electron chi connectivity index (χ3n) is 4.33. The van der Waals surface area contributed by atoms with Crippen molar-refractivity contribution in [1.29, 1.82) is 0 Å². The van der Waals surface area contributed by atoms with Crippen LogP contribution in [0.25, 0.3) is 0 Å². The molecule has 0 heterocycles. The van der Waals surface area contributed by atoms with E-state index in [0.717, 1.165) is 29.5 Å². The second-order valence-corrected chi connectivity index (χ2v) is 5.95. The molecule has 1 aliphatic carbocycles. The smallest absolute Gasteiger partial charge is 0.550 e. The van der Waals surface area contributed by atoms with Gasteiger partial charge in [-0.25, -0.2) is 0 Å². The van der Waals surface area contributed by atoms with Gasteiger partial charge in [0.2, 0.25) is 0 Å². The standard InChI is InChI=1S/C18H24O3.Na/c1-2-3-4-5-6-10-17(19)15-9-7-8-13-11-14(18(20)21)12-16(13)15;/h7-9,14H,2-6,10-12H2,1H3,(H,20,21);/q;+1/p-1. The van der Waals surface area contributed by atoms with E-state index in [9.17, 15) is 14.7 Å². The molecule has 0 bridgehead atoms. The van der Waals surface area contributed by atoms with Crippen molar-refractivity contribution >= 4 is 11.8 Å². The third kappa shape index (κ3) is 4.94. The molecule has 0 amide bonds. The van der Waals surface area contributed by atoms with Crippen molar-refractivity contribution in [2.24, 2.45) is 5.92 Å². The van der Waals surface area contributed by atoms with Gasteiger partial charge in [-0.2, -0.15) is 0 Å². The van der Waals surface area contributed by atoms with Crippen LogP contribution < -0.4 is 34.7 Å². The average molecular weight is 310 g/mol. The first kappa shape index (κ1) is 19.4. The predicted octanol–water partition coefficient (Wildman–Crippen LogP) is -0.301. The first-order chi connectivity index (χ1) is 10.1. The van der Waals surface area contributed by atoms with Gasteiger partial charge in [-0.15, -0.1) is 0 Å². The molecule has 0 aliphatic heterocycles. The molecule has 114 valence electrons. The Morgan fingerprint density at radius 1 is 1.14 bits per heavy atom. The van der Waals surface area contributed by atoms with Crippen molar-refractivity contribution in [1.82, 2.24) is 0 Å². The summed E-state index contributed by atoms with van der Waals surface area (Å²) in [5, 5.41) is 11.0. The number of carbonyl (C=O) groups excluding carboxylic acids is 2. The largest absolute Gasteiger partial charge is 1.00 e. The van der Waals surface area contributed by atoms with E-state index >= 15 is 0 Å². The molecule has 1 aromatic carbocycles. The second-order valence-electron chi connectivity index (χ2n) is 5.95. The number of carboxylic acids is 1. The number of aliphatic carboxylic acids is 1. The fourth-order valence-electron chi connectivity index (χ4n) is 3.10. The molecule has 0 aromatic heterocycles. The molecule has 0 spiro atoms. The summed E-state index contributed by atoms with van der Waals surface area (Å²) >= 11 is 0. The van der Waals surface area contributed by atoms with E-state index < -0.39 is 11.9 Å². The maximum atomic E-state index is 12.4. The Hall–Kier alpha value is -0.640. The van der Waals surface area contributed by atoms with Gasteiger partial charge in [0.1, 0.15) is 0 Å². The summed E-state index contributed by atoms with van der Waals surface area (Å²) in [6.45, 7) is 2.17. The first-order valence-corrected chi connectivity index (χ1v) is 7.98. The quantitative estimate of drug-likeness (QED) is 0.376. The fraction of sp³-hybridized carbons (Fsp3) is 0.556. The van der Waals surface area contributed by atoms with E-state index in [1.54, 1.807) is 0 Å². The summed E-state index contributed by atoms with van der Waals surface area (Å²) in [6, 6.07) is 5.63. The van der Waals surface area contributed by atoms with Gasteiger partial charge in [-0.3, -0.25) is 4.79 Å². The number of carboxylic acid groups (broad SMARTS) is 1. The van der Waals surface area contributed by atoms with Crippen molar-refractivity contribution in [2.75, 3.05) is 0 Å². The molecule has 0 N–H and O–H groups in total. The van der Waals surface area contributed by atoms with Crippen molar-refractivity contribution in [2.45, 2.75) is 58.3 Å². The van der Waals surface area contributed by atoms with Crippen LogP contribution in [0.5, 0.6) is 0 Å². The van der Waals surface area contributed by atoms with Crippen LogP contribution >= 0.6 is 0 Å². The number of Topliss-reactive ketones (excluding diaryl/α,β-unsaturated/α-hetero) is 1. The number of rotatable bonds is 8. The van der Waals surface area contributed by atoms with Crippen molar-refractivity contribution in [3.63, 3.8) is 0 Å². The maximum absolute atomic E-state index is 12.4. The molecular formula is C18H23NaO3. The van der Waals surface area contributed by atoms with E-state index in [1.165, 1.54) is 19.3 Å².